The van der Waals surface area contributed by atoms with E-state index in [0.29, 0.717) is 17.7 Å². The smallest absolute Gasteiger partial charge is 0.334 e. The largest absolute Gasteiger partial charge is 0.451 e. The molecule has 3 aromatic carbocycles. The van der Waals surface area contributed by atoms with Gasteiger partial charge in [0.1, 0.15) is 0 Å². The van der Waals surface area contributed by atoms with Crippen molar-refractivity contribution in [2.45, 2.75) is 25.6 Å². The zero-order valence-electron chi connectivity index (χ0n) is 17.2. The molecule has 0 radical (unpaired) electrons. The van der Waals surface area contributed by atoms with Crippen molar-refractivity contribution in [1.29, 1.82) is 0 Å². The van der Waals surface area contributed by atoms with E-state index in [1.165, 1.54) is 6.92 Å². The summed E-state index contributed by atoms with van der Waals surface area (Å²) in [6.45, 7) is 1.83. The van der Waals surface area contributed by atoms with Crippen LogP contribution < -0.4 is 10.6 Å². The van der Waals surface area contributed by atoms with Gasteiger partial charge in [-0.1, -0.05) is 78.9 Å². The van der Waals surface area contributed by atoms with E-state index < -0.39 is 29.9 Å². The summed E-state index contributed by atoms with van der Waals surface area (Å²) in [6.07, 6.45) is -1.02. The molecule has 2 atom stereocenters. The Balaban J connectivity index is 1.66. The summed E-state index contributed by atoms with van der Waals surface area (Å²) < 4.78 is 5.39. The standard InChI is InChI=1S/C25H24N2O4/c1-18(23(28)26-17-19-11-5-2-6-12-19)31-25(30)22(20-13-7-3-8-14-20)27-24(29)21-15-9-4-10-16-21/h2-16,18,22H,17H2,1H3,(H,26,28)(H,27,29)/t18-,22+/m1/s1. The fraction of sp³-hybridized carbons (Fsp3) is 0.160. The first kappa shape index (κ1) is 21.8. The lowest BCUT2D eigenvalue weighted by Crippen LogP contribution is -2.40. The molecule has 0 saturated heterocycles. The van der Waals surface area contributed by atoms with Crippen LogP contribution >= 0.6 is 0 Å². The van der Waals surface area contributed by atoms with Gasteiger partial charge in [0.25, 0.3) is 11.8 Å². The molecule has 0 heterocycles. The lowest BCUT2D eigenvalue weighted by atomic mass is 10.1. The zero-order valence-corrected chi connectivity index (χ0v) is 17.2. The Kier molecular flexibility index (Phi) is 7.54. The maximum atomic E-state index is 12.9. The highest BCUT2D eigenvalue weighted by molar-refractivity contribution is 5.97. The van der Waals surface area contributed by atoms with Gasteiger partial charge >= 0.3 is 5.97 Å². The molecule has 0 bridgehead atoms. The lowest BCUT2D eigenvalue weighted by Gasteiger charge is -2.21. The molecule has 3 aromatic rings. The van der Waals surface area contributed by atoms with Crippen LogP contribution in [0.1, 0.15) is 34.5 Å². The fourth-order valence-corrected chi connectivity index (χ4v) is 2.95. The summed E-state index contributed by atoms with van der Waals surface area (Å²) in [5.74, 6) is -1.54. The average Bonchev–Trinajstić information content (AvgIpc) is 2.82. The maximum absolute atomic E-state index is 12.9. The Morgan fingerprint density at radius 3 is 1.97 bits per heavy atom. The van der Waals surface area contributed by atoms with Gasteiger partial charge in [-0.05, 0) is 30.2 Å². The van der Waals surface area contributed by atoms with E-state index in [-0.39, 0.29) is 0 Å². The van der Waals surface area contributed by atoms with Crippen LogP contribution in [0.5, 0.6) is 0 Å². The van der Waals surface area contributed by atoms with Crippen LogP contribution in [-0.2, 0) is 20.9 Å². The summed E-state index contributed by atoms with van der Waals surface area (Å²) in [7, 11) is 0. The third-order valence-electron chi connectivity index (χ3n) is 4.65. The Morgan fingerprint density at radius 1 is 0.806 bits per heavy atom. The topological polar surface area (TPSA) is 84.5 Å². The van der Waals surface area contributed by atoms with Crippen LogP contribution in [-0.4, -0.2) is 23.9 Å². The number of hydrogen-bond donors (Lipinski definition) is 2. The third kappa shape index (κ3) is 6.27. The second-order valence-corrected chi connectivity index (χ2v) is 6.97. The van der Waals surface area contributed by atoms with Crippen molar-refractivity contribution in [2.75, 3.05) is 0 Å². The van der Waals surface area contributed by atoms with Gasteiger partial charge in [-0.3, -0.25) is 9.59 Å². The molecule has 2 N–H and O–H groups in total. The summed E-state index contributed by atoms with van der Waals surface area (Å²) in [5.41, 5.74) is 1.92. The van der Waals surface area contributed by atoms with Crippen molar-refractivity contribution < 1.29 is 19.1 Å². The minimum absolute atomic E-state index is 0.328. The molecule has 6 heteroatoms. The molecule has 0 fully saturated rings. The van der Waals surface area contributed by atoms with Crippen molar-refractivity contribution in [3.63, 3.8) is 0 Å². The van der Waals surface area contributed by atoms with Crippen LogP contribution in [0.25, 0.3) is 0 Å². The van der Waals surface area contributed by atoms with Gasteiger partial charge in [-0.2, -0.15) is 0 Å². The van der Waals surface area contributed by atoms with E-state index in [2.05, 4.69) is 10.6 Å². The van der Waals surface area contributed by atoms with Crippen LogP contribution in [0.3, 0.4) is 0 Å². The number of ether oxygens (including phenoxy) is 1. The number of carbonyl (C=O) groups is 3. The van der Waals surface area contributed by atoms with Gasteiger partial charge in [0.05, 0.1) is 0 Å². The van der Waals surface area contributed by atoms with Crippen LogP contribution in [0.2, 0.25) is 0 Å². The van der Waals surface area contributed by atoms with E-state index in [0.717, 1.165) is 5.56 Å². The molecule has 2 amide bonds. The minimum Gasteiger partial charge on any atom is -0.451 e. The van der Waals surface area contributed by atoms with Crippen LogP contribution in [0, 0.1) is 0 Å². The molecule has 0 aliphatic rings. The van der Waals surface area contributed by atoms with Gasteiger partial charge < -0.3 is 15.4 Å². The van der Waals surface area contributed by atoms with Gasteiger partial charge in [0.2, 0.25) is 0 Å². The molecule has 6 nitrogen and oxygen atoms in total. The van der Waals surface area contributed by atoms with Crippen molar-refractivity contribution in [3.05, 3.63) is 108 Å². The molecule has 0 saturated carbocycles. The third-order valence-corrected chi connectivity index (χ3v) is 4.65. The molecule has 158 valence electrons. The number of nitrogens with one attached hydrogen (secondary N) is 2. The van der Waals surface area contributed by atoms with E-state index in [4.69, 9.17) is 4.74 Å². The molecule has 31 heavy (non-hydrogen) atoms. The maximum Gasteiger partial charge on any atom is 0.334 e. The predicted octanol–water partition coefficient (Wildman–Crippen LogP) is 3.41. The highest BCUT2D eigenvalue weighted by Gasteiger charge is 2.28. The van der Waals surface area contributed by atoms with Gasteiger partial charge in [-0.15, -0.1) is 0 Å². The SMILES string of the molecule is C[C@@H](OC(=O)[C@@H](NC(=O)c1ccccc1)c1ccccc1)C(=O)NCc1ccccc1. The van der Waals surface area contributed by atoms with Gasteiger partial charge in [0, 0.05) is 12.1 Å². The number of esters is 1. The number of amides is 2. The molecule has 3 rings (SSSR count). The second-order valence-electron chi connectivity index (χ2n) is 6.97. The highest BCUT2D eigenvalue weighted by Crippen LogP contribution is 2.17. The second kappa shape index (κ2) is 10.7. The molecule has 0 aliphatic carbocycles. The number of hydrogen-bond acceptors (Lipinski definition) is 4. The van der Waals surface area contributed by atoms with Crippen molar-refractivity contribution in [2.24, 2.45) is 0 Å². The fourth-order valence-electron chi connectivity index (χ4n) is 2.95. The first-order valence-corrected chi connectivity index (χ1v) is 9.97. The van der Waals surface area contributed by atoms with E-state index in [9.17, 15) is 14.4 Å². The quantitative estimate of drug-likeness (QED) is 0.551. The zero-order chi connectivity index (χ0) is 22.1. The Hall–Kier alpha value is -3.93. The molecule has 0 aliphatic heterocycles. The Labute approximate surface area is 181 Å². The normalized spacial score (nSPS) is 12.3. The number of benzene rings is 3. The molecule has 0 spiro atoms. The lowest BCUT2D eigenvalue weighted by molar-refractivity contribution is -0.156. The first-order chi connectivity index (χ1) is 15.0. The van der Waals surface area contributed by atoms with Crippen molar-refractivity contribution >= 4 is 17.8 Å². The first-order valence-electron chi connectivity index (χ1n) is 9.97. The summed E-state index contributed by atoms with van der Waals surface area (Å²) >= 11 is 0. The van der Waals surface area contributed by atoms with E-state index in [1.54, 1.807) is 54.6 Å². The number of rotatable bonds is 8. The molecular weight excluding hydrogens is 392 g/mol. The number of carbonyl (C=O) groups excluding carboxylic acids is 3. The van der Waals surface area contributed by atoms with Crippen LogP contribution in [0.4, 0.5) is 0 Å². The van der Waals surface area contributed by atoms with Crippen molar-refractivity contribution in [3.8, 4) is 0 Å². The summed E-state index contributed by atoms with van der Waals surface area (Å²) in [6, 6.07) is 25.8. The molecular formula is C25H24N2O4. The molecule has 0 unspecified atom stereocenters. The monoisotopic (exact) mass is 416 g/mol. The Morgan fingerprint density at radius 2 is 1.35 bits per heavy atom. The summed E-state index contributed by atoms with van der Waals surface area (Å²) in [5, 5.41) is 5.45. The van der Waals surface area contributed by atoms with Crippen LogP contribution in [0.15, 0.2) is 91.0 Å². The highest BCUT2D eigenvalue weighted by atomic mass is 16.5. The average molecular weight is 416 g/mol. The predicted molar refractivity (Wildman–Crippen MR) is 117 cm³/mol. The Bertz CT molecular complexity index is 1010. The van der Waals surface area contributed by atoms with Crippen molar-refractivity contribution in [1.82, 2.24) is 10.6 Å². The minimum atomic E-state index is -1.04. The van der Waals surface area contributed by atoms with E-state index >= 15 is 0 Å². The van der Waals surface area contributed by atoms with Gasteiger partial charge in [0.15, 0.2) is 12.1 Å². The summed E-state index contributed by atoms with van der Waals surface area (Å²) in [4.78, 5) is 37.9. The van der Waals surface area contributed by atoms with Gasteiger partial charge in [-0.25, -0.2) is 4.79 Å². The van der Waals surface area contributed by atoms with E-state index in [1.807, 2.05) is 36.4 Å². The molecule has 0 aromatic heterocycles.